The maximum atomic E-state index is 10.7. The summed E-state index contributed by atoms with van der Waals surface area (Å²) < 4.78 is 5.53. The van der Waals surface area contributed by atoms with Crippen molar-refractivity contribution in [2.75, 3.05) is 12.4 Å². The summed E-state index contributed by atoms with van der Waals surface area (Å²) in [5.41, 5.74) is 0.662. The molecule has 0 saturated heterocycles. The van der Waals surface area contributed by atoms with Crippen LogP contribution < -0.4 is 4.74 Å². The number of nitro groups is 1. The van der Waals surface area contributed by atoms with Gasteiger partial charge in [0.15, 0.2) is 0 Å². The van der Waals surface area contributed by atoms with Crippen molar-refractivity contribution < 1.29 is 9.66 Å². The maximum Gasteiger partial charge on any atom is 0.276 e. The van der Waals surface area contributed by atoms with Crippen LogP contribution in [0.25, 0.3) is 0 Å². The molecule has 1 unspecified atom stereocenters. The fourth-order valence-electron chi connectivity index (χ4n) is 1.24. The molecular formula is C11H15NO3S. The van der Waals surface area contributed by atoms with Crippen LogP contribution in [0.1, 0.15) is 12.5 Å². The number of nitro benzene ring substituents is 1. The molecule has 0 N–H and O–H groups in total. The summed E-state index contributed by atoms with van der Waals surface area (Å²) in [6.07, 6.45) is 0. The maximum absolute atomic E-state index is 10.7. The molecule has 0 aliphatic carbocycles. The second kappa shape index (κ2) is 5.75. The average molecular weight is 241 g/mol. The van der Waals surface area contributed by atoms with Gasteiger partial charge in [0, 0.05) is 6.07 Å². The van der Waals surface area contributed by atoms with Crippen molar-refractivity contribution in [3.63, 3.8) is 0 Å². The molecule has 0 aromatic heterocycles. The van der Waals surface area contributed by atoms with Crippen molar-refractivity contribution in [1.29, 1.82) is 0 Å². The van der Waals surface area contributed by atoms with Gasteiger partial charge in [-0.3, -0.25) is 10.1 Å². The van der Waals surface area contributed by atoms with E-state index in [1.165, 1.54) is 6.07 Å². The third-order valence-electron chi connectivity index (χ3n) is 2.29. The zero-order valence-electron chi connectivity index (χ0n) is 9.34. The van der Waals surface area contributed by atoms with Gasteiger partial charge in [0.25, 0.3) is 5.69 Å². The number of hydrogen-bond donors (Lipinski definition) is 1. The first-order chi connectivity index (χ1) is 7.56. The normalized spacial score (nSPS) is 12.2. The van der Waals surface area contributed by atoms with Gasteiger partial charge in [-0.05, 0) is 24.7 Å². The highest BCUT2D eigenvalue weighted by molar-refractivity contribution is 7.80. The minimum Gasteiger partial charge on any atom is -0.493 e. The van der Waals surface area contributed by atoms with Gasteiger partial charge < -0.3 is 4.74 Å². The molecule has 0 saturated carbocycles. The Kier molecular flexibility index (Phi) is 4.61. The van der Waals surface area contributed by atoms with Crippen molar-refractivity contribution in [2.24, 2.45) is 5.92 Å². The van der Waals surface area contributed by atoms with Crippen molar-refractivity contribution in [2.45, 2.75) is 13.8 Å². The number of ether oxygens (including phenoxy) is 1. The van der Waals surface area contributed by atoms with Gasteiger partial charge in [-0.2, -0.15) is 12.6 Å². The molecule has 0 bridgehead atoms. The minimum atomic E-state index is -0.399. The number of thiol groups is 1. The van der Waals surface area contributed by atoms with Crippen LogP contribution in [-0.4, -0.2) is 17.3 Å². The Labute approximate surface area is 100 Å². The molecule has 1 atom stereocenters. The summed E-state index contributed by atoms with van der Waals surface area (Å²) in [5, 5.41) is 10.7. The number of rotatable bonds is 5. The Morgan fingerprint density at radius 1 is 1.56 bits per heavy atom. The van der Waals surface area contributed by atoms with Crippen LogP contribution in [0.4, 0.5) is 5.69 Å². The predicted molar refractivity (Wildman–Crippen MR) is 66.3 cm³/mol. The molecule has 0 radical (unpaired) electrons. The van der Waals surface area contributed by atoms with Crippen LogP contribution in [0.15, 0.2) is 18.2 Å². The van der Waals surface area contributed by atoms with Crippen molar-refractivity contribution in [3.8, 4) is 5.75 Å². The number of benzene rings is 1. The molecule has 1 aromatic carbocycles. The van der Waals surface area contributed by atoms with Gasteiger partial charge >= 0.3 is 0 Å². The lowest BCUT2D eigenvalue weighted by Crippen LogP contribution is -2.10. The quantitative estimate of drug-likeness (QED) is 0.490. The summed E-state index contributed by atoms with van der Waals surface area (Å²) >= 11 is 4.15. The summed E-state index contributed by atoms with van der Waals surface area (Å²) in [5.74, 6) is 1.62. The fraction of sp³-hybridized carbons (Fsp3) is 0.455. The lowest BCUT2D eigenvalue weighted by Gasteiger charge is -2.12. The Balaban J connectivity index is 2.81. The summed E-state index contributed by atoms with van der Waals surface area (Å²) in [4.78, 5) is 10.3. The van der Waals surface area contributed by atoms with Crippen LogP contribution >= 0.6 is 12.6 Å². The number of hydrogen-bond acceptors (Lipinski definition) is 4. The van der Waals surface area contributed by atoms with E-state index >= 15 is 0 Å². The van der Waals surface area contributed by atoms with Crippen LogP contribution in [-0.2, 0) is 0 Å². The van der Waals surface area contributed by atoms with E-state index in [0.717, 1.165) is 5.75 Å². The lowest BCUT2D eigenvalue weighted by molar-refractivity contribution is -0.385. The monoisotopic (exact) mass is 241 g/mol. The first-order valence-electron chi connectivity index (χ1n) is 5.04. The van der Waals surface area contributed by atoms with E-state index in [1.54, 1.807) is 19.1 Å². The third-order valence-corrected chi connectivity index (χ3v) is 2.91. The van der Waals surface area contributed by atoms with Crippen LogP contribution in [0.2, 0.25) is 0 Å². The van der Waals surface area contributed by atoms with Gasteiger partial charge in [-0.25, -0.2) is 0 Å². The largest absolute Gasteiger partial charge is 0.493 e. The zero-order chi connectivity index (χ0) is 12.1. The standard InChI is InChI=1S/C11H15NO3S/c1-8(7-16)6-15-11-5-3-4-10(9(11)2)12(13)14/h3-5,8,16H,6-7H2,1-2H3. The molecule has 0 amide bonds. The minimum absolute atomic E-state index is 0.0935. The highest BCUT2D eigenvalue weighted by Gasteiger charge is 2.14. The molecule has 1 aromatic rings. The van der Waals surface area contributed by atoms with Gasteiger partial charge in [-0.15, -0.1) is 0 Å². The van der Waals surface area contributed by atoms with Crippen LogP contribution in [0, 0.1) is 23.0 Å². The third kappa shape index (κ3) is 3.13. The van der Waals surface area contributed by atoms with Crippen molar-refractivity contribution >= 4 is 18.3 Å². The first kappa shape index (κ1) is 12.8. The Morgan fingerprint density at radius 3 is 2.81 bits per heavy atom. The lowest BCUT2D eigenvalue weighted by atomic mass is 10.2. The van der Waals surface area contributed by atoms with Crippen LogP contribution in [0.5, 0.6) is 5.75 Å². The molecule has 16 heavy (non-hydrogen) atoms. The van der Waals surface area contributed by atoms with E-state index < -0.39 is 4.92 Å². The van der Waals surface area contributed by atoms with E-state index in [1.807, 2.05) is 6.92 Å². The highest BCUT2D eigenvalue weighted by Crippen LogP contribution is 2.27. The Bertz CT molecular complexity index is 381. The molecule has 1 rings (SSSR count). The SMILES string of the molecule is Cc1c(OCC(C)CS)cccc1[N+](=O)[O-]. The van der Waals surface area contributed by atoms with E-state index in [9.17, 15) is 10.1 Å². The van der Waals surface area contributed by atoms with Gasteiger partial charge in [0.2, 0.25) is 0 Å². The molecule has 0 fully saturated rings. The Morgan fingerprint density at radius 2 is 2.25 bits per heavy atom. The molecule has 0 spiro atoms. The molecule has 0 heterocycles. The van der Waals surface area contributed by atoms with E-state index in [2.05, 4.69) is 12.6 Å². The summed E-state index contributed by atoms with van der Waals surface area (Å²) in [7, 11) is 0. The van der Waals surface area contributed by atoms with Gasteiger partial charge in [0.1, 0.15) is 5.75 Å². The number of nitrogens with zero attached hydrogens (tertiary/aromatic N) is 1. The summed E-state index contributed by atoms with van der Waals surface area (Å²) in [6.45, 7) is 4.23. The van der Waals surface area contributed by atoms with Gasteiger partial charge in [0.05, 0.1) is 17.1 Å². The molecule has 88 valence electrons. The van der Waals surface area contributed by atoms with Crippen molar-refractivity contribution in [1.82, 2.24) is 0 Å². The molecule has 5 heteroatoms. The first-order valence-corrected chi connectivity index (χ1v) is 5.67. The predicted octanol–water partition coefficient (Wildman–Crippen LogP) is 2.85. The second-order valence-corrected chi connectivity index (χ2v) is 4.12. The van der Waals surface area contributed by atoms with E-state index in [4.69, 9.17) is 4.74 Å². The zero-order valence-corrected chi connectivity index (χ0v) is 10.2. The smallest absolute Gasteiger partial charge is 0.276 e. The van der Waals surface area contributed by atoms with Crippen molar-refractivity contribution in [3.05, 3.63) is 33.9 Å². The molecule has 0 aliphatic rings. The second-order valence-electron chi connectivity index (χ2n) is 3.76. The highest BCUT2D eigenvalue weighted by atomic mass is 32.1. The summed E-state index contributed by atoms with van der Waals surface area (Å²) in [6, 6.07) is 4.85. The van der Waals surface area contributed by atoms with E-state index in [0.29, 0.717) is 23.8 Å². The topological polar surface area (TPSA) is 52.4 Å². The Hall–Kier alpha value is -1.23. The van der Waals surface area contributed by atoms with E-state index in [-0.39, 0.29) is 5.69 Å². The van der Waals surface area contributed by atoms with Crippen LogP contribution in [0.3, 0.4) is 0 Å². The average Bonchev–Trinajstić information content (AvgIpc) is 2.26. The molecule has 4 nitrogen and oxygen atoms in total. The van der Waals surface area contributed by atoms with Gasteiger partial charge in [-0.1, -0.05) is 13.0 Å². The molecule has 0 aliphatic heterocycles. The fourth-order valence-corrected chi connectivity index (χ4v) is 1.35. The molecular weight excluding hydrogens is 226 g/mol.